The fraction of sp³-hybridized carbons (Fsp3) is 0.700. The lowest BCUT2D eigenvalue weighted by Gasteiger charge is -2.25. The molecule has 1 unspecified atom stereocenters. The lowest BCUT2D eigenvalue weighted by atomic mass is 10.1. The van der Waals surface area contributed by atoms with Gasteiger partial charge in [0.15, 0.2) is 0 Å². The Hall–Kier alpha value is -0.450. The predicted octanol–water partition coefficient (Wildman–Crippen LogP) is 1.97. The standard InChI is InChI=1S/C10H16N2OS/c1-8(10-11-4-7-14-10)12-9-2-5-13-6-3-9/h4,7-9,12H,2-3,5-6H2,1H3. The molecule has 0 spiro atoms. The molecule has 0 bridgehead atoms. The van der Waals surface area contributed by atoms with E-state index in [4.69, 9.17) is 4.74 Å². The van der Waals surface area contributed by atoms with Crippen LogP contribution in [0.15, 0.2) is 11.6 Å². The van der Waals surface area contributed by atoms with Crippen molar-refractivity contribution in [1.29, 1.82) is 0 Å². The molecule has 1 aromatic heterocycles. The first kappa shape index (κ1) is 10.1. The van der Waals surface area contributed by atoms with Crippen molar-refractivity contribution in [1.82, 2.24) is 10.3 Å². The van der Waals surface area contributed by atoms with Crippen LogP contribution in [0.2, 0.25) is 0 Å². The van der Waals surface area contributed by atoms with Crippen LogP contribution in [-0.4, -0.2) is 24.2 Å². The van der Waals surface area contributed by atoms with Crippen molar-refractivity contribution < 1.29 is 4.74 Å². The third kappa shape index (κ3) is 2.53. The van der Waals surface area contributed by atoms with E-state index in [1.54, 1.807) is 11.3 Å². The van der Waals surface area contributed by atoms with Crippen molar-refractivity contribution in [3.05, 3.63) is 16.6 Å². The number of ether oxygens (including phenoxy) is 1. The molecular weight excluding hydrogens is 196 g/mol. The van der Waals surface area contributed by atoms with E-state index in [0.717, 1.165) is 26.1 Å². The van der Waals surface area contributed by atoms with Gasteiger partial charge in [0.1, 0.15) is 5.01 Å². The number of hydrogen-bond donors (Lipinski definition) is 1. The van der Waals surface area contributed by atoms with E-state index >= 15 is 0 Å². The molecule has 1 aromatic rings. The van der Waals surface area contributed by atoms with Crippen LogP contribution in [0.25, 0.3) is 0 Å². The molecule has 1 saturated heterocycles. The maximum Gasteiger partial charge on any atom is 0.109 e. The van der Waals surface area contributed by atoms with Gasteiger partial charge in [0.2, 0.25) is 0 Å². The SMILES string of the molecule is CC(NC1CCOCC1)c1nccs1. The Kier molecular flexibility index (Phi) is 3.50. The van der Waals surface area contributed by atoms with Crippen LogP contribution in [0, 0.1) is 0 Å². The van der Waals surface area contributed by atoms with Crippen molar-refractivity contribution in [2.24, 2.45) is 0 Å². The molecule has 4 heteroatoms. The Morgan fingerprint density at radius 2 is 2.36 bits per heavy atom. The molecule has 2 rings (SSSR count). The van der Waals surface area contributed by atoms with Gasteiger partial charge in [-0.1, -0.05) is 0 Å². The summed E-state index contributed by atoms with van der Waals surface area (Å²) in [5, 5.41) is 6.79. The topological polar surface area (TPSA) is 34.1 Å². The van der Waals surface area contributed by atoms with Gasteiger partial charge in [0, 0.05) is 30.8 Å². The fourth-order valence-electron chi connectivity index (χ4n) is 1.74. The Labute approximate surface area is 88.5 Å². The number of nitrogens with one attached hydrogen (secondary N) is 1. The molecule has 0 saturated carbocycles. The molecule has 0 aromatic carbocycles. The van der Waals surface area contributed by atoms with E-state index in [2.05, 4.69) is 17.2 Å². The van der Waals surface area contributed by atoms with E-state index in [1.165, 1.54) is 5.01 Å². The largest absolute Gasteiger partial charge is 0.381 e. The van der Waals surface area contributed by atoms with Crippen molar-refractivity contribution in [3.8, 4) is 0 Å². The molecule has 3 nitrogen and oxygen atoms in total. The molecule has 1 N–H and O–H groups in total. The van der Waals surface area contributed by atoms with E-state index in [1.807, 2.05) is 11.6 Å². The van der Waals surface area contributed by atoms with Crippen LogP contribution in [0.5, 0.6) is 0 Å². The van der Waals surface area contributed by atoms with Crippen molar-refractivity contribution >= 4 is 11.3 Å². The summed E-state index contributed by atoms with van der Waals surface area (Å²) in [6.07, 6.45) is 4.10. The molecule has 1 aliphatic heterocycles. The van der Waals surface area contributed by atoms with Crippen molar-refractivity contribution in [3.63, 3.8) is 0 Å². The van der Waals surface area contributed by atoms with Crippen LogP contribution >= 0.6 is 11.3 Å². The molecule has 14 heavy (non-hydrogen) atoms. The van der Waals surface area contributed by atoms with Gasteiger partial charge in [-0.25, -0.2) is 4.98 Å². The predicted molar refractivity (Wildman–Crippen MR) is 57.5 cm³/mol. The zero-order valence-electron chi connectivity index (χ0n) is 8.40. The highest BCUT2D eigenvalue weighted by atomic mass is 32.1. The van der Waals surface area contributed by atoms with Gasteiger partial charge in [-0.3, -0.25) is 0 Å². The van der Waals surface area contributed by atoms with E-state index in [-0.39, 0.29) is 0 Å². The maximum atomic E-state index is 5.32. The second kappa shape index (κ2) is 4.87. The van der Waals surface area contributed by atoms with Crippen molar-refractivity contribution in [2.45, 2.75) is 31.8 Å². The van der Waals surface area contributed by atoms with Crippen LogP contribution in [0.3, 0.4) is 0 Å². The summed E-state index contributed by atoms with van der Waals surface area (Å²) in [7, 11) is 0. The first-order valence-electron chi connectivity index (χ1n) is 5.09. The first-order chi connectivity index (χ1) is 6.86. The molecule has 0 amide bonds. The summed E-state index contributed by atoms with van der Waals surface area (Å²) < 4.78 is 5.32. The minimum absolute atomic E-state index is 0.373. The van der Waals surface area contributed by atoms with Gasteiger partial charge in [0.25, 0.3) is 0 Å². The fourth-order valence-corrected chi connectivity index (χ4v) is 2.39. The van der Waals surface area contributed by atoms with Crippen LogP contribution in [0.1, 0.15) is 30.8 Å². The molecule has 0 aliphatic carbocycles. The molecule has 2 heterocycles. The highest BCUT2D eigenvalue weighted by Gasteiger charge is 2.17. The van der Waals surface area contributed by atoms with Gasteiger partial charge >= 0.3 is 0 Å². The number of hydrogen-bond acceptors (Lipinski definition) is 4. The van der Waals surface area contributed by atoms with Gasteiger partial charge in [0.05, 0.1) is 6.04 Å². The Balaban J connectivity index is 1.84. The number of thiazole rings is 1. The second-order valence-electron chi connectivity index (χ2n) is 3.65. The smallest absolute Gasteiger partial charge is 0.109 e. The lowest BCUT2D eigenvalue weighted by Crippen LogP contribution is -2.36. The van der Waals surface area contributed by atoms with Crippen LogP contribution in [-0.2, 0) is 4.74 Å². The summed E-state index contributed by atoms with van der Waals surface area (Å²) >= 11 is 1.71. The van der Waals surface area contributed by atoms with Gasteiger partial charge in [-0.05, 0) is 19.8 Å². The minimum atomic E-state index is 0.373. The van der Waals surface area contributed by atoms with E-state index in [0.29, 0.717) is 12.1 Å². The summed E-state index contributed by atoms with van der Waals surface area (Å²) in [5.74, 6) is 0. The molecular formula is C10H16N2OS. The summed E-state index contributed by atoms with van der Waals surface area (Å²) in [6, 6.07) is 0.973. The summed E-state index contributed by atoms with van der Waals surface area (Å²) in [5.41, 5.74) is 0. The maximum absolute atomic E-state index is 5.32. The number of aromatic nitrogens is 1. The number of rotatable bonds is 3. The summed E-state index contributed by atoms with van der Waals surface area (Å²) in [4.78, 5) is 4.31. The Morgan fingerprint density at radius 1 is 1.57 bits per heavy atom. The molecule has 78 valence electrons. The van der Waals surface area contributed by atoms with Gasteiger partial charge in [-0.2, -0.15) is 0 Å². The zero-order chi connectivity index (χ0) is 9.80. The highest BCUT2D eigenvalue weighted by molar-refractivity contribution is 7.09. The van der Waals surface area contributed by atoms with Gasteiger partial charge in [-0.15, -0.1) is 11.3 Å². The average molecular weight is 212 g/mol. The lowest BCUT2D eigenvalue weighted by molar-refractivity contribution is 0.0754. The summed E-state index contributed by atoms with van der Waals surface area (Å²) in [6.45, 7) is 3.96. The molecule has 1 aliphatic rings. The van der Waals surface area contributed by atoms with E-state index in [9.17, 15) is 0 Å². The van der Waals surface area contributed by atoms with Crippen LogP contribution < -0.4 is 5.32 Å². The van der Waals surface area contributed by atoms with Gasteiger partial charge < -0.3 is 10.1 Å². The minimum Gasteiger partial charge on any atom is -0.381 e. The molecule has 0 radical (unpaired) electrons. The second-order valence-corrected chi connectivity index (χ2v) is 4.57. The third-order valence-corrected chi connectivity index (χ3v) is 3.49. The normalized spacial score (nSPS) is 20.9. The molecule has 1 fully saturated rings. The third-order valence-electron chi connectivity index (χ3n) is 2.53. The quantitative estimate of drug-likeness (QED) is 0.832. The monoisotopic (exact) mass is 212 g/mol. The number of nitrogens with zero attached hydrogens (tertiary/aromatic N) is 1. The molecule has 1 atom stereocenters. The first-order valence-corrected chi connectivity index (χ1v) is 5.97. The Bertz CT molecular complexity index is 257. The Morgan fingerprint density at radius 3 is 3.00 bits per heavy atom. The van der Waals surface area contributed by atoms with Crippen molar-refractivity contribution in [2.75, 3.05) is 13.2 Å². The zero-order valence-corrected chi connectivity index (χ0v) is 9.22. The highest BCUT2D eigenvalue weighted by Crippen LogP contribution is 2.17. The van der Waals surface area contributed by atoms with E-state index < -0.39 is 0 Å². The average Bonchev–Trinajstić information content (AvgIpc) is 2.72. The van der Waals surface area contributed by atoms with Crippen LogP contribution in [0.4, 0.5) is 0 Å².